The van der Waals surface area contributed by atoms with Gasteiger partial charge in [-0.05, 0) is 31.8 Å². The highest BCUT2D eigenvalue weighted by Crippen LogP contribution is 2.28. The molecule has 0 aliphatic heterocycles. The predicted molar refractivity (Wildman–Crippen MR) is 69.7 cm³/mol. The number of halogens is 2. The van der Waals surface area contributed by atoms with Crippen LogP contribution in [0, 0.1) is 0 Å². The first-order chi connectivity index (χ1) is 6.93. The summed E-state index contributed by atoms with van der Waals surface area (Å²) in [5, 5.41) is 1.18. The molecule has 82 valence electrons. The number of thiocarbonyl (C=S) groups is 1. The second-order valence-corrected chi connectivity index (χ2v) is 4.75. The molecule has 0 fully saturated rings. The van der Waals surface area contributed by atoms with Crippen molar-refractivity contribution in [3.8, 4) is 0 Å². The first-order valence-electron chi connectivity index (χ1n) is 4.34. The Morgan fingerprint density at radius 2 is 2.00 bits per heavy atom. The van der Waals surface area contributed by atoms with Crippen LogP contribution >= 0.6 is 35.4 Å². The van der Waals surface area contributed by atoms with Crippen LogP contribution in [0.4, 0.5) is 0 Å². The zero-order chi connectivity index (χ0) is 11.6. The van der Waals surface area contributed by atoms with E-state index in [1.807, 2.05) is 25.1 Å². The number of hydrogen-bond acceptors (Lipinski definition) is 2. The number of nitrogens with zero attached hydrogens (tertiary/aromatic N) is 1. The summed E-state index contributed by atoms with van der Waals surface area (Å²) in [5.74, 6) is 0. The van der Waals surface area contributed by atoms with Crippen LogP contribution in [0.25, 0.3) is 0 Å². The van der Waals surface area contributed by atoms with Crippen molar-refractivity contribution < 1.29 is 0 Å². The van der Waals surface area contributed by atoms with E-state index in [4.69, 9.17) is 41.2 Å². The van der Waals surface area contributed by atoms with Crippen LogP contribution in [-0.2, 0) is 0 Å². The summed E-state index contributed by atoms with van der Waals surface area (Å²) >= 11 is 16.9. The molecule has 0 aliphatic carbocycles. The van der Waals surface area contributed by atoms with Gasteiger partial charge >= 0.3 is 0 Å². The Morgan fingerprint density at radius 3 is 2.40 bits per heavy atom. The lowest BCUT2D eigenvalue weighted by atomic mass is 10.1. The Hall–Kier alpha value is -0.350. The van der Waals surface area contributed by atoms with Gasteiger partial charge < -0.3 is 5.73 Å². The van der Waals surface area contributed by atoms with Crippen LogP contribution in [0.15, 0.2) is 18.2 Å². The van der Waals surface area contributed by atoms with Gasteiger partial charge in [0.1, 0.15) is 0 Å². The van der Waals surface area contributed by atoms with E-state index in [1.165, 1.54) is 0 Å². The topological polar surface area (TPSA) is 29.3 Å². The number of likely N-dealkylation sites (N-methyl/N-ethyl adjacent to an activating group) is 1. The fourth-order valence-electron chi connectivity index (χ4n) is 1.41. The average Bonchev–Trinajstić information content (AvgIpc) is 2.08. The van der Waals surface area contributed by atoms with Crippen molar-refractivity contribution in [3.05, 3.63) is 33.8 Å². The largest absolute Gasteiger partial charge is 0.392 e. The molecule has 0 bridgehead atoms. The molecule has 1 aromatic carbocycles. The van der Waals surface area contributed by atoms with E-state index in [2.05, 4.69) is 0 Å². The minimum absolute atomic E-state index is 0.162. The summed E-state index contributed by atoms with van der Waals surface area (Å²) in [5.41, 5.74) is 6.55. The Bertz CT molecular complexity index is 380. The zero-order valence-corrected chi connectivity index (χ0v) is 10.8. The van der Waals surface area contributed by atoms with Crippen LogP contribution in [0.3, 0.4) is 0 Å². The maximum absolute atomic E-state index is 6.09. The van der Waals surface area contributed by atoms with Gasteiger partial charge in [0.25, 0.3) is 0 Å². The van der Waals surface area contributed by atoms with Gasteiger partial charge in [-0.3, -0.25) is 4.90 Å². The van der Waals surface area contributed by atoms with Gasteiger partial charge in [0, 0.05) is 10.0 Å². The normalized spacial score (nSPS) is 12.9. The van der Waals surface area contributed by atoms with Crippen molar-refractivity contribution in [2.75, 3.05) is 14.1 Å². The second-order valence-electron chi connectivity index (χ2n) is 3.43. The third kappa shape index (κ3) is 3.05. The third-order valence-corrected chi connectivity index (χ3v) is 2.83. The van der Waals surface area contributed by atoms with Crippen molar-refractivity contribution in [3.63, 3.8) is 0 Å². The smallest absolute Gasteiger partial charge is 0.0948 e. The highest BCUT2D eigenvalue weighted by Gasteiger charge is 2.19. The highest BCUT2D eigenvalue weighted by molar-refractivity contribution is 7.80. The molecule has 1 atom stereocenters. The molecule has 0 heterocycles. The van der Waals surface area contributed by atoms with E-state index in [9.17, 15) is 0 Å². The SMILES string of the molecule is CN(C)C(C(N)=S)c1ccc(Cl)cc1Cl. The molecule has 0 aliphatic rings. The molecule has 0 saturated heterocycles. The fraction of sp³-hybridized carbons (Fsp3) is 0.300. The van der Waals surface area contributed by atoms with Gasteiger partial charge in [-0.2, -0.15) is 0 Å². The van der Waals surface area contributed by atoms with Gasteiger partial charge in [-0.25, -0.2) is 0 Å². The molecular weight excluding hydrogens is 251 g/mol. The second kappa shape index (κ2) is 5.12. The Kier molecular flexibility index (Phi) is 4.34. The van der Waals surface area contributed by atoms with Crippen LogP contribution in [0.5, 0.6) is 0 Å². The number of nitrogens with two attached hydrogens (primary N) is 1. The predicted octanol–water partition coefficient (Wildman–Crippen LogP) is 2.88. The average molecular weight is 263 g/mol. The first kappa shape index (κ1) is 12.7. The Labute approximate surface area is 105 Å². The van der Waals surface area contributed by atoms with E-state index in [0.29, 0.717) is 15.0 Å². The van der Waals surface area contributed by atoms with E-state index in [0.717, 1.165) is 5.56 Å². The minimum atomic E-state index is -0.162. The molecule has 1 aromatic rings. The van der Waals surface area contributed by atoms with Crippen molar-refractivity contribution in [1.29, 1.82) is 0 Å². The van der Waals surface area contributed by atoms with Gasteiger partial charge in [0.15, 0.2) is 0 Å². The summed E-state index contributed by atoms with van der Waals surface area (Å²) in [7, 11) is 3.80. The molecule has 0 radical (unpaired) electrons. The third-order valence-electron chi connectivity index (χ3n) is 2.04. The van der Waals surface area contributed by atoms with Crippen molar-refractivity contribution in [2.24, 2.45) is 5.73 Å². The molecular formula is C10H12Cl2N2S. The molecule has 0 saturated carbocycles. The molecule has 0 amide bonds. The van der Waals surface area contributed by atoms with Crippen LogP contribution < -0.4 is 5.73 Å². The van der Waals surface area contributed by atoms with Crippen molar-refractivity contribution in [2.45, 2.75) is 6.04 Å². The molecule has 1 unspecified atom stereocenters. The zero-order valence-electron chi connectivity index (χ0n) is 8.50. The number of hydrogen-bond donors (Lipinski definition) is 1. The maximum Gasteiger partial charge on any atom is 0.0948 e. The maximum atomic E-state index is 6.09. The lowest BCUT2D eigenvalue weighted by Crippen LogP contribution is -2.31. The van der Waals surface area contributed by atoms with Gasteiger partial charge in [0.05, 0.1) is 11.0 Å². The fourth-order valence-corrected chi connectivity index (χ4v) is 2.26. The van der Waals surface area contributed by atoms with Gasteiger partial charge in [-0.1, -0.05) is 41.5 Å². The van der Waals surface area contributed by atoms with Gasteiger partial charge in [-0.15, -0.1) is 0 Å². The minimum Gasteiger partial charge on any atom is -0.392 e. The molecule has 2 nitrogen and oxygen atoms in total. The van der Waals surface area contributed by atoms with E-state index >= 15 is 0 Å². The summed E-state index contributed by atoms with van der Waals surface area (Å²) < 4.78 is 0. The summed E-state index contributed by atoms with van der Waals surface area (Å²) in [6, 6.07) is 5.14. The first-order valence-corrected chi connectivity index (χ1v) is 5.50. The monoisotopic (exact) mass is 262 g/mol. The van der Waals surface area contributed by atoms with E-state index in [-0.39, 0.29) is 6.04 Å². The number of rotatable bonds is 3. The molecule has 2 N–H and O–H groups in total. The highest BCUT2D eigenvalue weighted by atomic mass is 35.5. The Balaban J connectivity index is 3.17. The molecule has 1 rings (SSSR count). The Morgan fingerprint density at radius 1 is 1.40 bits per heavy atom. The summed E-state index contributed by atoms with van der Waals surface area (Å²) in [6.07, 6.45) is 0. The molecule has 0 spiro atoms. The standard InChI is InChI=1S/C10H12Cl2N2S/c1-14(2)9(10(13)15)7-4-3-6(11)5-8(7)12/h3-5,9H,1-2H3,(H2,13,15). The lowest BCUT2D eigenvalue weighted by molar-refractivity contribution is 0.371. The molecule has 0 aromatic heterocycles. The van der Waals surface area contributed by atoms with E-state index < -0.39 is 0 Å². The van der Waals surface area contributed by atoms with Crippen LogP contribution in [-0.4, -0.2) is 24.0 Å². The van der Waals surface area contributed by atoms with Crippen LogP contribution in [0.1, 0.15) is 11.6 Å². The van der Waals surface area contributed by atoms with Gasteiger partial charge in [0.2, 0.25) is 0 Å². The van der Waals surface area contributed by atoms with Crippen molar-refractivity contribution in [1.82, 2.24) is 4.90 Å². The summed E-state index contributed by atoms with van der Waals surface area (Å²) in [4.78, 5) is 2.31. The van der Waals surface area contributed by atoms with Crippen LogP contribution in [0.2, 0.25) is 10.0 Å². The lowest BCUT2D eigenvalue weighted by Gasteiger charge is -2.24. The van der Waals surface area contributed by atoms with Crippen molar-refractivity contribution >= 4 is 40.4 Å². The molecule has 15 heavy (non-hydrogen) atoms. The van der Waals surface area contributed by atoms with E-state index in [1.54, 1.807) is 12.1 Å². The number of benzene rings is 1. The quantitative estimate of drug-likeness (QED) is 0.850. The summed E-state index contributed by atoms with van der Waals surface area (Å²) in [6.45, 7) is 0. The molecule has 5 heteroatoms.